The van der Waals surface area contributed by atoms with Gasteiger partial charge in [-0.2, -0.15) is 0 Å². The summed E-state index contributed by atoms with van der Waals surface area (Å²) in [5.41, 5.74) is 1.37. The first-order chi connectivity index (χ1) is 7.76. The predicted molar refractivity (Wildman–Crippen MR) is 71.1 cm³/mol. The fourth-order valence-electron chi connectivity index (χ4n) is 1.52. The summed E-state index contributed by atoms with van der Waals surface area (Å²) in [6.45, 7) is 4.16. The molecule has 0 saturated carbocycles. The van der Waals surface area contributed by atoms with E-state index in [1.54, 1.807) is 0 Å². The number of hydrogen-bond donors (Lipinski definition) is 1. The molecule has 0 unspecified atom stereocenters. The minimum Gasteiger partial charge on any atom is -0.395 e. The Morgan fingerprint density at radius 2 is 1.88 bits per heavy atom. The van der Waals surface area contributed by atoms with Gasteiger partial charge in [-0.05, 0) is 36.9 Å². The van der Waals surface area contributed by atoms with Crippen molar-refractivity contribution in [1.29, 1.82) is 0 Å². The van der Waals surface area contributed by atoms with Gasteiger partial charge in [0.25, 0.3) is 0 Å². The van der Waals surface area contributed by atoms with E-state index in [2.05, 4.69) is 36.1 Å². The zero-order chi connectivity index (χ0) is 11.8. The lowest BCUT2D eigenvalue weighted by Gasteiger charge is -2.14. The molecule has 90 valence electrons. The Kier molecular flexibility index (Phi) is 6.53. The van der Waals surface area contributed by atoms with Crippen molar-refractivity contribution in [3.05, 3.63) is 29.8 Å². The second kappa shape index (κ2) is 7.71. The number of nitrogens with zero attached hydrogens (tertiary/aromatic N) is 1. The van der Waals surface area contributed by atoms with Crippen molar-refractivity contribution in [2.45, 2.75) is 18.2 Å². The van der Waals surface area contributed by atoms with Gasteiger partial charge < -0.3 is 10.0 Å². The van der Waals surface area contributed by atoms with Crippen LogP contribution in [0, 0.1) is 0 Å². The number of likely N-dealkylation sites (N-methyl/N-ethyl adjacent to an activating group) is 1. The van der Waals surface area contributed by atoms with Crippen LogP contribution in [0.3, 0.4) is 0 Å². The highest BCUT2D eigenvalue weighted by molar-refractivity contribution is 7.99. The van der Waals surface area contributed by atoms with E-state index in [1.165, 1.54) is 10.5 Å². The van der Waals surface area contributed by atoms with E-state index in [4.69, 9.17) is 5.11 Å². The monoisotopic (exact) mass is 239 g/mol. The topological polar surface area (TPSA) is 23.5 Å². The van der Waals surface area contributed by atoms with Gasteiger partial charge in [-0.1, -0.05) is 19.1 Å². The highest BCUT2D eigenvalue weighted by Gasteiger charge is 1.99. The van der Waals surface area contributed by atoms with Crippen LogP contribution in [-0.2, 0) is 6.42 Å². The molecule has 1 aromatic carbocycles. The van der Waals surface area contributed by atoms with Crippen molar-refractivity contribution in [1.82, 2.24) is 4.90 Å². The second-order valence-electron chi connectivity index (χ2n) is 3.85. The first-order valence-electron chi connectivity index (χ1n) is 5.77. The Hall–Kier alpha value is -0.510. The third kappa shape index (κ3) is 5.01. The standard InChI is InChI=1S/C13H21NOS/c1-3-16-13-6-4-12(5-7-13)8-9-14(2)10-11-15/h4-7,15H,3,8-11H2,1-2H3. The summed E-state index contributed by atoms with van der Waals surface area (Å²) in [5.74, 6) is 1.12. The highest BCUT2D eigenvalue weighted by Crippen LogP contribution is 2.17. The van der Waals surface area contributed by atoms with Crippen LogP contribution in [0.5, 0.6) is 0 Å². The Labute approximate surface area is 103 Å². The van der Waals surface area contributed by atoms with Gasteiger partial charge >= 0.3 is 0 Å². The number of aliphatic hydroxyl groups is 1. The van der Waals surface area contributed by atoms with Gasteiger partial charge in [0.1, 0.15) is 0 Å². The molecule has 1 N–H and O–H groups in total. The third-order valence-corrected chi connectivity index (χ3v) is 3.39. The van der Waals surface area contributed by atoms with Gasteiger partial charge in [-0.3, -0.25) is 0 Å². The smallest absolute Gasteiger partial charge is 0.0558 e. The maximum Gasteiger partial charge on any atom is 0.0558 e. The summed E-state index contributed by atoms with van der Waals surface area (Å²) in [6, 6.07) is 8.78. The molecule has 0 aliphatic carbocycles. The van der Waals surface area contributed by atoms with Gasteiger partial charge in [0.05, 0.1) is 6.61 Å². The van der Waals surface area contributed by atoms with E-state index >= 15 is 0 Å². The minimum atomic E-state index is 0.239. The highest BCUT2D eigenvalue weighted by atomic mass is 32.2. The molecule has 3 heteroatoms. The van der Waals surface area contributed by atoms with Crippen molar-refractivity contribution in [2.24, 2.45) is 0 Å². The lowest BCUT2D eigenvalue weighted by Crippen LogP contribution is -2.24. The molecule has 0 amide bonds. The van der Waals surface area contributed by atoms with Crippen molar-refractivity contribution in [3.8, 4) is 0 Å². The molecule has 0 aliphatic rings. The van der Waals surface area contributed by atoms with E-state index in [1.807, 2.05) is 18.8 Å². The Morgan fingerprint density at radius 1 is 1.19 bits per heavy atom. The summed E-state index contributed by atoms with van der Waals surface area (Å²) in [5, 5.41) is 8.78. The normalized spacial score (nSPS) is 11.0. The van der Waals surface area contributed by atoms with Crippen LogP contribution < -0.4 is 0 Å². The van der Waals surface area contributed by atoms with E-state index in [0.717, 1.165) is 25.3 Å². The number of benzene rings is 1. The third-order valence-electron chi connectivity index (χ3n) is 2.50. The van der Waals surface area contributed by atoms with Crippen molar-refractivity contribution < 1.29 is 5.11 Å². The van der Waals surface area contributed by atoms with Crippen molar-refractivity contribution in [2.75, 3.05) is 32.5 Å². The first-order valence-corrected chi connectivity index (χ1v) is 6.76. The zero-order valence-electron chi connectivity index (χ0n) is 10.1. The van der Waals surface area contributed by atoms with Crippen molar-refractivity contribution >= 4 is 11.8 Å². The fourth-order valence-corrected chi connectivity index (χ4v) is 2.18. The number of aliphatic hydroxyl groups excluding tert-OH is 1. The van der Waals surface area contributed by atoms with Gasteiger partial charge in [-0.15, -0.1) is 11.8 Å². The summed E-state index contributed by atoms with van der Waals surface area (Å²) < 4.78 is 0. The molecule has 0 saturated heterocycles. The molecule has 1 rings (SSSR count). The lowest BCUT2D eigenvalue weighted by atomic mass is 10.1. The molecule has 0 aliphatic heterocycles. The minimum absolute atomic E-state index is 0.239. The summed E-state index contributed by atoms with van der Waals surface area (Å²) in [4.78, 5) is 3.49. The van der Waals surface area contributed by atoms with E-state index in [0.29, 0.717) is 0 Å². The quantitative estimate of drug-likeness (QED) is 0.738. The Morgan fingerprint density at radius 3 is 2.44 bits per heavy atom. The van der Waals surface area contributed by atoms with Crippen LogP contribution in [0.4, 0.5) is 0 Å². The molecular weight excluding hydrogens is 218 g/mol. The number of hydrogen-bond acceptors (Lipinski definition) is 3. The van der Waals surface area contributed by atoms with Crippen molar-refractivity contribution in [3.63, 3.8) is 0 Å². The zero-order valence-corrected chi connectivity index (χ0v) is 11.0. The van der Waals surface area contributed by atoms with Gasteiger partial charge in [0.2, 0.25) is 0 Å². The molecule has 0 atom stereocenters. The molecule has 0 fully saturated rings. The Balaban J connectivity index is 2.37. The molecule has 0 spiro atoms. The van der Waals surface area contributed by atoms with Gasteiger partial charge in [0.15, 0.2) is 0 Å². The Bertz CT molecular complexity index is 286. The lowest BCUT2D eigenvalue weighted by molar-refractivity contribution is 0.223. The van der Waals surface area contributed by atoms with E-state index in [9.17, 15) is 0 Å². The molecule has 0 aromatic heterocycles. The SMILES string of the molecule is CCSc1ccc(CCN(C)CCO)cc1. The fraction of sp³-hybridized carbons (Fsp3) is 0.538. The first kappa shape index (κ1) is 13.6. The second-order valence-corrected chi connectivity index (χ2v) is 5.19. The van der Waals surface area contributed by atoms with Crippen LogP contribution in [0.1, 0.15) is 12.5 Å². The van der Waals surface area contributed by atoms with Gasteiger partial charge in [-0.25, -0.2) is 0 Å². The van der Waals surface area contributed by atoms with E-state index < -0.39 is 0 Å². The van der Waals surface area contributed by atoms with Crippen LogP contribution in [0.2, 0.25) is 0 Å². The maximum absolute atomic E-state index is 8.78. The van der Waals surface area contributed by atoms with Crippen LogP contribution >= 0.6 is 11.8 Å². The average Bonchev–Trinajstić information content (AvgIpc) is 2.29. The van der Waals surface area contributed by atoms with Gasteiger partial charge in [0, 0.05) is 18.0 Å². The molecule has 0 bridgehead atoms. The molecule has 2 nitrogen and oxygen atoms in total. The number of thioether (sulfide) groups is 1. The maximum atomic E-state index is 8.78. The molecule has 1 aromatic rings. The summed E-state index contributed by atoms with van der Waals surface area (Å²) in [6.07, 6.45) is 1.05. The molecule has 0 heterocycles. The van der Waals surface area contributed by atoms with E-state index in [-0.39, 0.29) is 6.61 Å². The summed E-state index contributed by atoms with van der Waals surface area (Å²) in [7, 11) is 2.04. The summed E-state index contributed by atoms with van der Waals surface area (Å²) >= 11 is 1.87. The molecule has 0 radical (unpaired) electrons. The molecule has 16 heavy (non-hydrogen) atoms. The molecular formula is C13H21NOS. The number of rotatable bonds is 7. The largest absolute Gasteiger partial charge is 0.395 e. The average molecular weight is 239 g/mol. The van der Waals surface area contributed by atoms with Crippen LogP contribution in [0.25, 0.3) is 0 Å². The van der Waals surface area contributed by atoms with Crippen LogP contribution in [0.15, 0.2) is 29.2 Å². The predicted octanol–water partition coefficient (Wildman–Crippen LogP) is 2.27. The van der Waals surface area contributed by atoms with Crippen LogP contribution in [-0.4, -0.2) is 42.5 Å².